The van der Waals surface area contributed by atoms with Crippen molar-refractivity contribution in [2.24, 2.45) is 10.7 Å². The molecule has 0 spiro atoms. The van der Waals surface area contributed by atoms with Crippen LogP contribution < -0.4 is 15.8 Å². The molecule has 3 rings (SSSR count). The third kappa shape index (κ3) is 5.03. The van der Waals surface area contributed by atoms with Crippen LogP contribution in [0.5, 0.6) is 0 Å². The highest BCUT2D eigenvalue weighted by atomic mass is 35.5. The molecule has 1 heterocycles. The van der Waals surface area contributed by atoms with Crippen LogP contribution in [-0.2, 0) is 16.4 Å². The Labute approximate surface area is 175 Å². The van der Waals surface area contributed by atoms with Crippen LogP contribution in [0.3, 0.4) is 0 Å². The minimum atomic E-state index is -3.74. The predicted molar refractivity (Wildman–Crippen MR) is 118 cm³/mol. The largest absolute Gasteiger partial charge is 0.370 e. The van der Waals surface area contributed by atoms with Crippen molar-refractivity contribution < 1.29 is 8.42 Å². The normalized spacial score (nSPS) is 13.4. The second kappa shape index (κ2) is 8.77. The first kappa shape index (κ1) is 21.0. The monoisotopic (exact) mass is 431 g/mol. The number of aliphatic imine (C=N–C) groups is 1. The van der Waals surface area contributed by atoms with E-state index in [9.17, 15) is 8.42 Å². The van der Waals surface area contributed by atoms with Gasteiger partial charge in [0.2, 0.25) is 10.0 Å². The van der Waals surface area contributed by atoms with Crippen LogP contribution in [0.2, 0.25) is 5.02 Å². The molecule has 0 radical (unpaired) electrons. The Balaban J connectivity index is 1.92. The number of rotatable bonds is 6. The summed E-state index contributed by atoms with van der Waals surface area (Å²) in [4.78, 5) is 8.17. The average Bonchev–Trinajstić information content (AvgIpc) is 2.70. The van der Waals surface area contributed by atoms with E-state index in [1.165, 1.54) is 25.4 Å². The fourth-order valence-corrected chi connectivity index (χ4v) is 4.46. The lowest BCUT2D eigenvalue weighted by atomic mass is 10.1. The Morgan fingerprint density at radius 1 is 1.21 bits per heavy atom. The fourth-order valence-electron chi connectivity index (χ4n) is 2.97. The summed E-state index contributed by atoms with van der Waals surface area (Å²) in [6.07, 6.45) is 2.06. The molecule has 1 aromatic heterocycles. The van der Waals surface area contributed by atoms with Crippen molar-refractivity contribution >= 4 is 44.2 Å². The van der Waals surface area contributed by atoms with E-state index in [1.807, 2.05) is 37.3 Å². The Morgan fingerprint density at radius 2 is 1.93 bits per heavy atom. The number of guanidine groups is 1. The van der Waals surface area contributed by atoms with E-state index >= 15 is 0 Å². The number of hydrogen-bond donors (Lipinski definition) is 3. The lowest BCUT2D eigenvalue weighted by molar-refractivity contribution is 0.560. The molecule has 2 aromatic carbocycles. The molecule has 3 aromatic rings. The maximum Gasteiger partial charge on any atom is 0.240 e. The van der Waals surface area contributed by atoms with Crippen molar-refractivity contribution in [3.8, 4) is 0 Å². The molecule has 0 saturated carbocycles. The van der Waals surface area contributed by atoms with Crippen LogP contribution in [-0.4, -0.2) is 32.5 Å². The topological polar surface area (TPSA) is 109 Å². The van der Waals surface area contributed by atoms with Crippen molar-refractivity contribution in [2.45, 2.75) is 24.3 Å². The first-order chi connectivity index (χ1) is 13.8. The number of hydrogen-bond acceptors (Lipinski definition) is 4. The second-order valence-electron chi connectivity index (χ2n) is 6.61. The summed E-state index contributed by atoms with van der Waals surface area (Å²) in [5, 5.41) is 4.45. The lowest BCUT2D eigenvalue weighted by Gasteiger charge is -2.15. The Kier molecular flexibility index (Phi) is 6.36. The Hall–Kier alpha value is -2.68. The zero-order valence-electron chi connectivity index (χ0n) is 16.1. The SMILES string of the molecule is CN=C(N)Nc1ncc(Cl)c2ccc(S(=O)(=O)N[C@H](C)Cc3ccccc3)cc12. The van der Waals surface area contributed by atoms with Crippen molar-refractivity contribution in [1.82, 2.24) is 9.71 Å². The van der Waals surface area contributed by atoms with E-state index in [0.717, 1.165) is 5.56 Å². The summed E-state index contributed by atoms with van der Waals surface area (Å²) >= 11 is 6.22. The van der Waals surface area contributed by atoms with E-state index in [0.29, 0.717) is 28.0 Å². The van der Waals surface area contributed by atoms with Gasteiger partial charge in [0.05, 0.1) is 9.92 Å². The van der Waals surface area contributed by atoms with Gasteiger partial charge < -0.3 is 11.1 Å². The molecule has 7 nitrogen and oxygen atoms in total. The minimum absolute atomic E-state index is 0.115. The Morgan fingerprint density at radius 3 is 2.62 bits per heavy atom. The van der Waals surface area contributed by atoms with Gasteiger partial charge in [0.15, 0.2) is 5.96 Å². The van der Waals surface area contributed by atoms with E-state index in [-0.39, 0.29) is 16.9 Å². The third-order valence-corrected chi connectivity index (χ3v) is 6.24. The number of benzene rings is 2. The number of halogens is 1. The molecular weight excluding hydrogens is 410 g/mol. The summed E-state index contributed by atoms with van der Waals surface area (Å²) in [6, 6.07) is 14.1. The zero-order chi connectivity index (χ0) is 21.0. The van der Waals surface area contributed by atoms with Crippen molar-refractivity contribution in [3.05, 3.63) is 65.3 Å². The van der Waals surface area contributed by atoms with Gasteiger partial charge in [-0.2, -0.15) is 0 Å². The number of anilines is 1. The van der Waals surface area contributed by atoms with E-state index in [2.05, 4.69) is 20.0 Å². The number of nitrogens with zero attached hydrogens (tertiary/aromatic N) is 2. The van der Waals surface area contributed by atoms with Gasteiger partial charge in [-0.3, -0.25) is 4.99 Å². The van der Waals surface area contributed by atoms with Gasteiger partial charge in [0.1, 0.15) is 5.82 Å². The Bertz CT molecular complexity index is 1150. The van der Waals surface area contributed by atoms with Crippen LogP contribution in [0, 0.1) is 0 Å². The average molecular weight is 432 g/mol. The van der Waals surface area contributed by atoms with Crippen LogP contribution >= 0.6 is 11.6 Å². The predicted octanol–water partition coefficient (Wildman–Crippen LogP) is 3.15. The van der Waals surface area contributed by atoms with Crippen LogP contribution in [0.4, 0.5) is 5.82 Å². The molecule has 29 heavy (non-hydrogen) atoms. The molecule has 0 unspecified atom stereocenters. The van der Waals surface area contributed by atoms with Gasteiger partial charge in [0, 0.05) is 30.1 Å². The second-order valence-corrected chi connectivity index (χ2v) is 8.73. The van der Waals surface area contributed by atoms with E-state index < -0.39 is 10.0 Å². The highest BCUT2D eigenvalue weighted by Crippen LogP contribution is 2.30. The maximum absolute atomic E-state index is 12.9. The van der Waals surface area contributed by atoms with E-state index in [1.54, 1.807) is 6.07 Å². The van der Waals surface area contributed by atoms with Crippen LogP contribution in [0.1, 0.15) is 12.5 Å². The van der Waals surface area contributed by atoms with Crippen molar-refractivity contribution in [1.29, 1.82) is 0 Å². The molecular formula is C20H22ClN5O2S. The summed E-state index contributed by atoms with van der Waals surface area (Å²) in [5.74, 6) is 0.533. The van der Waals surface area contributed by atoms with E-state index in [4.69, 9.17) is 17.3 Å². The summed E-state index contributed by atoms with van der Waals surface area (Å²) in [6.45, 7) is 1.83. The van der Waals surface area contributed by atoms with Gasteiger partial charge in [-0.1, -0.05) is 48.0 Å². The molecule has 0 fully saturated rings. The number of sulfonamides is 1. The molecule has 152 valence electrons. The maximum atomic E-state index is 12.9. The van der Waals surface area contributed by atoms with Crippen LogP contribution in [0.25, 0.3) is 10.8 Å². The molecule has 0 aliphatic carbocycles. The first-order valence-electron chi connectivity index (χ1n) is 8.94. The standard InChI is InChI=1S/C20H22ClN5O2S/c1-13(10-14-6-4-3-5-7-14)26-29(27,28)15-8-9-16-17(11-15)19(24-12-18(16)21)25-20(22)23-2/h3-9,11-13,26H,10H2,1-2H3,(H3,22,23,24,25)/t13-/m1/s1. The summed E-state index contributed by atoms with van der Waals surface area (Å²) in [7, 11) is -2.21. The van der Waals surface area contributed by atoms with Gasteiger partial charge in [0.25, 0.3) is 0 Å². The molecule has 4 N–H and O–H groups in total. The van der Waals surface area contributed by atoms with Gasteiger partial charge >= 0.3 is 0 Å². The molecule has 0 bridgehead atoms. The molecule has 0 amide bonds. The molecule has 0 saturated heterocycles. The van der Waals surface area contributed by atoms with Gasteiger partial charge in [-0.15, -0.1) is 0 Å². The molecule has 0 aliphatic heterocycles. The number of nitrogens with two attached hydrogens (primary N) is 1. The molecule has 9 heteroatoms. The van der Waals surface area contributed by atoms with Gasteiger partial charge in [-0.25, -0.2) is 18.1 Å². The molecule has 0 aliphatic rings. The number of pyridine rings is 1. The minimum Gasteiger partial charge on any atom is -0.370 e. The number of aromatic nitrogens is 1. The summed E-state index contributed by atoms with van der Waals surface area (Å²) in [5.41, 5.74) is 6.79. The first-order valence-corrected chi connectivity index (χ1v) is 10.8. The molecule has 1 atom stereocenters. The third-order valence-electron chi connectivity index (χ3n) is 4.35. The smallest absolute Gasteiger partial charge is 0.240 e. The zero-order valence-corrected chi connectivity index (χ0v) is 17.6. The summed E-state index contributed by atoms with van der Waals surface area (Å²) < 4.78 is 28.6. The fraction of sp³-hybridized carbons (Fsp3) is 0.200. The number of fused-ring (bicyclic) bond motifs is 1. The van der Waals surface area contributed by atoms with Crippen molar-refractivity contribution in [2.75, 3.05) is 12.4 Å². The highest BCUT2D eigenvalue weighted by molar-refractivity contribution is 7.89. The number of nitrogens with one attached hydrogen (secondary N) is 2. The van der Waals surface area contributed by atoms with Crippen molar-refractivity contribution in [3.63, 3.8) is 0 Å². The lowest BCUT2D eigenvalue weighted by Crippen LogP contribution is -2.34. The van der Waals surface area contributed by atoms with Gasteiger partial charge in [-0.05, 0) is 31.0 Å². The highest BCUT2D eigenvalue weighted by Gasteiger charge is 2.19. The van der Waals surface area contributed by atoms with Crippen LogP contribution in [0.15, 0.2) is 64.6 Å². The quantitative estimate of drug-likeness (QED) is 0.410.